The van der Waals surface area contributed by atoms with Gasteiger partial charge in [0.15, 0.2) is 11.6 Å². The Balaban J connectivity index is 0.705. The average molecular weight is 1050 g/mol. The summed E-state index contributed by atoms with van der Waals surface area (Å²) in [5.41, 5.74) is 7.75. The number of aliphatic hydroxyl groups excluding tert-OH is 1. The van der Waals surface area contributed by atoms with Gasteiger partial charge < -0.3 is 40.6 Å². The van der Waals surface area contributed by atoms with Crippen molar-refractivity contribution in [2.45, 2.75) is 117 Å². The van der Waals surface area contributed by atoms with Crippen LogP contribution in [0.1, 0.15) is 98.0 Å². The summed E-state index contributed by atoms with van der Waals surface area (Å²) in [6.07, 6.45) is 8.14. The Kier molecular flexibility index (Phi) is 18.3. The first-order chi connectivity index (χ1) is 36.7. The Morgan fingerprint density at radius 2 is 1.70 bits per heavy atom. The summed E-state index contributed by atoms with van der Waals surface area (Å²) in [6.45, 7) is 9.82. The number of β-amino-alcohol motifs (C(OH)–C–C–N with tert-alkyl or cyclic N) is 1. The number of ether oxygens (including phenoxy) is 1. The number of anilines is 1. The topological polar surface area (TPSA) is 249 Å². The largest absolute Gasteiger partial charge is 0.494 e. The number of nitrogens with zero attached hydrogens (tertiary/aromatic N) is 10. The molecule has 0 bridgehead atoms. The Morgan fingerprint density at radius 3 is 2.47 bits per heavy atom. The van der Waals surface area contributed by atoms with Crippen molar-refractivity contribution in [3.63, 3.8) is 0 Å². The van der Waals surface area contributed by atoms with Gasteiger partial charge in [0.1, 0.15) is 29.9 Å². The van der Waals surface area contributed by atoms with E-state index in [9.17, 15) is 24.3 Å². The number of hydrogen-bond donors (Lipinski definition) is 5. The highest BCUT2D eigenvalue weighted by molar-refractivity contribution is 7.13. The first kappa shape index (κ1) is 54.4. The number of unbranched alkanes of at least 4 members (excludes halogenated alkanes) is 2. The fourth-order valence-electron chi connectivity index (χ4n) is 8.89. The van der Waals surface area contributed by atoms with Crippen molar-refractivity contribution in [1.82, 2.24) is 65.6 Å². The number of carbonyl (C=O) groups is 4. The van der Waals surface area contributed by atoms with E-state index >= 15 is 0 Å². The zero-order valence-corrected chi connectivity index (χ0v) is 44.4. The molecule has 20 nitrogen and oxygen atoms in total. The molecular weight excluding hydrogens is 985 g/mol. The molecule has 4 aromatic heterocycles. The molecule has 1 saturated heterocycles. The summed E-state index contributed by atoms with van der Waals surface area (Å²) >= 11 is 1.58. The summed E-state index contributed by atoms with van der Waals surface area (Å²) in [5.74, 6) is 0.852. The smallest absolute Gasteiger partial charge is 0.251 e. The van der Waals surface area contributed by atoms with Crippen LogP contribution >= 0.6 is 11.3 Å². The second-order valence-corrected chi connectivity index (χ2v) is 20.9. The molecule has 398 valence electrons. The maximum atomic E-state index is 14.1. The lowest BCUT2D eigenvalue weighted by atomic mass is 9.85. The number of thiazole rings is 1. The first-order valence-electron chi connectivity index (χ1n) is 25.6. The maximum Gasteiger partial charge on any atom is 0.251 e. The van der Waals surface area contributed by atoms with Gasteiger partial charge in [0.05, 0.1) is 41.0 Å². The van der Waals surface area contributed by atoms with E-state index in [0.717, 1.165) is 63.7 Å². The molecular formula is C55H66N14O6S. The van der Waals surface area contributed by atoms with Crippen LogP contribution in [0.25, 0.3) is 22.0 Å². The molecule has 5 heterocycles. The van der Waals surface area contributed by atoms with Crippen LogP contribution in [0.2, 0.25) is 0 Å². The van der Waals surface area contributed by atoms with Crippen LogP contribution in [-0.2, 0) is 54.0 Å². The Bertz CT molecular complexity index is 3060. The second-order valence-electron chi connectivity index (χ2n) is 20.0. The molecule has 0 radical (unpaired) electrons. The zero-order chi connectivity index (χ0) is 53.6. The van der Waals surface area contributed by atoms with Gasteiger partial charge in [-0.05, 0) is 97.5 Å². The lowest BCUT2D eigenvalue weighted by Gasteiger charge is -2.35. The van der Waals surface area contributed by atoms with Gasteiger partial charge in [-0.25, -0.2) is 15.0 Å². The van der Waals surface area contributed by atoms with Crippen LogP contribution in [0.4, 0.5) is 5.69 Å². The summed E-state index contributed by atoms with van der Waals surface area (Å²) in [4.78, 5) is 69.1. The molecule has 1 fully saturated rings. The van der Waals surface area contributed by atoms with Gasteiger partial charge in [-0.1, -0.05) is 68.4 Å². The monoisotopic (exact) mass is 1050 g/mol. The maximum absolute atomic E-state index is 14.1. The number of nitrogens with one attached hydrogen (secondary N) is 4. The fraction of sp³-hybridized carbons (Fsp3) is 0.400. The number of hydrogen-bond acceptors (Lipinski definition) is 15. The van der Waals surface area contributed by atoms with Crippen molar-refractivity contribution in [2.24, 2.45) is 12.5 Å². The number of aliphatic hydroxyl groups is 1. The number of rotatable bonds is 24. The predicted octanol–water partition coefficient (Wildman–Crippen LogP) is 6.22. The zero-order valence-electron chi connectivity index (χ0n) is 43.6. The molecule has 8 rings (SSSR count). The SMILES string of the molecule is Cc1ncsc1-c1ccc(CNC(=O)[C@@H]2C[C@@H](O)CN2C(=O)[C@@H](NC(=O)CCCc2cn(CCCCCOc3cccc(CNC(=O)c4cccc(NCc5nnc(-c6ccncn6)n5C)c4)c3)nn2)C(C)(C)C)cc1. The third-order valence-corrected chi connectivity index (χ3v) is 14.1. The van der Waals surface area contributed by atoms with Gasteiger partial charge in [0, 0.05) is 69.7 Å². The lowest BCUT2D eigenvalue weighted by molar-refractivity contribution is -0.144. The number of benzene rings is 3. The van der Waals surface area contributed by atoms with Gasteiger partial charge in [0.2, 0.25) is 17.7 Å². The van der Waals surface area contributed by atoms with Crippen molar-refractivity contribution in [3.05, 3.63) is 137 Å². The number of aromatic nitrogens is 9. The molecule has 3 aromatic carbocycles. The molecule has 76 heavy (non-hydrogen) atoms. The van der Waals surface area contributed by atoms with E-state index in [4.69, 9.17) is 4.74 Å². The number of likely N-dealkylation sites (tertiary alicyclic amines) is 1. The minimum atomic E-state index is -0.908. The predicted molar refractivity (Wildman–Crippen MR) is 287 cm³/mol. The van der Waals surface area contributed by atoms with E-state index in [1.807, 2.05) is 116 Å². The lowest BCUT2D eigenvalue weighted by Crippen LogP contribution is -2.57. The van der Waals surface area contributed by atoms with Crippen LogP contribution in [0.3, 0.4) is 0 Å². The van der Waals surface area contributed by atoms with Crippen LogP contribution < -0.4 is 26.0 Å². The highest BCUT2D eigenvalue weighted by atomic mass is 32.1. The van der Waals surface area contributed by atoms with Gasteiger partial charge in [0.25, 0.3) is 5.91 Å². The van der Waals surface area contributed by atoms with E-state index in [-0.39, 0.29) is 43.7 Å². The van der Waals surface area contributed by atoms with E-state index < -0.39 is 29.5 Å². The molecule has 21 heteroatoms. The van der Waals surface area contributed by atoms with E-state index in [0.29, 0.717) is 62.0 Å². The molecule has 0 spiro atoms. The van der Waals surface area contributed by atoms with Crippen molar-refractivity contribution in [1.29, 1.82) is 0 Å². The molecule has 4 amide bonds. The minimum absolute atomic E-state index is 0.00414. The number of carbonyl (C=O) groups excluding carboxylic acids is 4. The molecule has 0 aliphatic carbocycles. The Morgan fingerprint density at radius 1 is 0.882 bits per heavy atom. The van der Waals surface area contributed by atoms with Crippen LogP contribution in [0.5, 0.6) is 5.75 Å². The van der Waals surface area contributed by atoms with Gasteiger partial charge in [-0.2, -0.15) is 0 Å². The second kappa shape index (κ2) is 25.6. The van der Waals surface area contributed by atoms with Crippen LogP contribution in [0, 0.1) is 12.3 Å². The standard InChI is InChI=1S/C55H66N14O6S/c1-36-49(76-35-61-36)39-20-18-37(19-21-39)29-59-53(73)46-28-43(70)33-69(46)54(74)50(55(2,3)4)62-48(71)17-11-15-42-32-68(66-63-42)24-7-6-8-25-75-44-16-9-12-38(26-44)30-58-52(72)40-13-10-14-41(27-40)57-31-47-64-65-51(67(47)5)45-22-23-56-34-60-45/h9-10,12-14,16,18-23,26-27,32,34-35,43,46,50,57,70H,6-8,11,15,17,24-25,28-31,33H2,1-5H3,(H,58,72)(H,59,73)(H,62,71)/t43-,46+,50-/m1/s1. The highest BCUT2D eigenvalue weighted by Crippen LogP contribution is 2.29. The molecule has 5 N–H and O–H groups in total. The van der Waals surface area contributed by atoms with Crippen LogP contribution in [0.15, 0.2) is 103 Å². The summed E-state index contributed by atoms with van der Waals surface area (Å²) < 4.78 is 9.73. The average Bonchev–Trinajstić information content (AvgIpc) is 4.24. The molecule has 0 saturated carbocycles. The highest BCUT2D eigenvalue weighted by Gasteiger charge is 2.44. The van der Waals surface area contributed by atoms with Crippen molar-refractivity contribution in [2.75, 3.05) is 18.5 Å². The fourth-order valence-corrected chi connectivity index (χ4v) is 9.70. The first-order valence-corrected chi connectivity index (χ1v) is 26.5. The van der Waals surface area contributed by atoms with Crippen molar-refractivity contribution >= 4 is 40.7 Å². The third kappa shape index (κ3) is 14.7. The van der Waals surface area contributed by atoms with Gasteiger partial charge in [-0.15, -0.1) is 26.6 Å². The number of aryl methyl sites for hydroxylation is 3. The van der Waals surface area contributed by atoms with Crippen molar-refractivity contribution in [3.8, 4) is 27.7 Å². The van der Waals surface area contributed by atoms with Crippen molar-refractivity contribution < 1.29 is 29.0 Å². The molecule has 3 atom stereocenters. The van der Waals surface area contributed by atoms with E-state index in [2.05, 4.69) is 56.7 Å². The van der Waals surface area contributed by atoms with E-state index in [1.165, 1.54) is 11.2 Å². The van der Waals surface area contributed by atoms with Gasteiger partial charge in [-0.3, -0.25) is 23.9 Å². The van der Waals surface area contributed by atoms with Crippen LogP contribution in [-0.4, -0.2) is 110 Å². The molecule has 7 aromatic rings. The third-order valence-electron chi connectivity index (χ3n) is 13.1. The molecule has 1 aliphatic heterocycles. The molecule has 0 unspecified atom stereocenters. The molecule has 1 aliphatic rings. The van der Waals surface area contributed by atoms with Gasteiger partial charge >= 0.3 is 0 Å². The Labute approximate surface area is 446 Å². The summed E-state index contributed by atoms with van der Waals surface area (Å²) in [6, 6.07) is 22.9. The summed E-state index contributed by atoms with van der Waals surface area (Å²) in [7, 11) is 1.88. The number of amides is 4. The Hall–Kier alpha value is -7.91. The minimum Gasteiger partial charge on any atom is -0.494 e. The summed E-state index contributed by atoms with van der Waals surface area (Å²) in [5, 5.41) is 40.0. The normalized spacial score (nSPS) is 14.8. The van der Waals surface area contributed by atoms with E-state index in [1.54, 1.807) is 35.7 Å². The quantitative estimate of drug-likeness (QED) is 0.0422.